The molecule has 3 atom stereocenters. The van der Waals surface area contributed by atoms with E-state index >= 15 is 0 Å². The van der Waals surface area contributed by atoms with Gasteiger partial charge in [0, 0.05) is 19.5 Å². The fourth-order valence-electron chi connectivity index (χ4n) is 6.04. The molecule has 0 aromatic heterocycles. The Balaban J connectivity index is 1.31. The number of amides is 2. The lowest BCUT2D eigenvalue weighted by Gasteiger charge is -2.27. The van der Waals surface area contributed by atoms with E-state index in [1.807, 2.05) is 127 Å². The molecule has 0 radical (unpaired) electrons. The molecule has 8 nitrogen and oxygen atoms in total. The highest BCUT2D eigenvalue weighted by molar-refractivity contribution is 5.86. The predicted molar refractivity (Wildman–Crippen MR) is 193 cm³/mol. The highest BCUT2D eigenvalue weighted by Crippen LogP contribution is 2.21. The zero-order valence-electron chi connectivity index (χ0n) is 28.4. The summed E-state index contributed by atoms with van der Waals surface area (Å²) in [6.45, 7) is 0.783. The van der Waals surface area contributed by atoms with E-state index in [0.29, 0.717) is 38.8 Å². The molecule has 1 aliphatic rings. The number of carbonyl (C=O) groups excluding carboxylic acids is 3. The normalized spacial score (nSPS) is 18.2. The number of ether oxygens (including phenoxy) is 2. The first-order chi connectivity index (χ1) is 24.5. The molecule has 0 bridgehead atoms. The molecule has 0 aliphatic carbocycles. The molecule has 260 valence electrons. The maximum Gasteiger partial charge on any atom is 0.309 e. The Morgan fingerprint density at radius 1 is 0.740 bits per heavy atom. The number of rotatable bonds is 13. The van der Waals surface area contributed by atoms with Gasteiger partial charge in [0.1, 0.15) is 19.0 Å². The summed E-state index contributed by atoms with van der Waals surface area (Å²) in [5.74, 6) is -1.11. The molecule has 50 heavy (non-hydrogen) atoms. The molecular formula is C42H46N2O6. The van der Waals surface area contributed by atoms with Crippen LogP contribution in [0.2, 0.25) is 0 Å². The average Bonchev–Trinajstić information content (AvgIpc) is 3.14. The Labute approximate surface area is 294 Å². The monoisotopic (exact) mass is 674 g/mol. The fourth-order valence-corrected chi connectivity index (χ4v) is 6.04. The smallest absolute Gasteiger partial charge is 0.309 e. The van der Waals surface area contributed by atoms with Crippen LogP contribution in [0.3, 0.4) is 0 Å². The Morgan fingerprint density at radius 3 is 1.96 bits per heavy atom. The summed E-state index contributed by atoms with van der Waals surface area (Å²) in [7, 11) is 0. The zero-order valence-corrected chi connectivity index (χ0v) is 28.4. The van der Waals surface area contributed by atoms with Crippen molar-refractivity contribution in [3.63, 3.8) is 0 Å². The highest BCUT2D eigenvalue weighted by Gasteiger charge is 2.28. The maximum absolute atomic E-state index is 13.8. The molecule has 0 fully saturated rings. The van der Waals surface area contributed by atoms with E-state index < -0.39 is 17.9 Å². The van der Waals surface area contributed by atoms with Crippen molar-refractivity contribution in [1.29, 1.82) is 0 Å². The van der Waals surface area contributed by atoms with Gasteiger partial charge in [0.25, 0.3) is 0 Å². The van der Waals surface area contributed by atoms with Gasteiger partial charge in [-0.1, -0.05) is 115 Å². The first kappa shape index (κ1) is 36.1. The minimum Gasteiger partial charge on any atom is -0.489 e. The van der Waals surface area contributed by atoms with Crippen molar-refractivity contribution in [3.8, 4) is 5.75 Å². The van der Waals surface area contributed by atoms with E-state index in [-0.39, 0.29) is 44.0 Å². The Kier molecular flexibility index (Phi) is 13.8. The van der Waals surface area contributed by atoms with E-state index in [4.69, 9.17) is 9.47 Å². The summed E-state index contributed by atoms with van der Waals surface area (Å²) in [4.78, 5) is 42.4. The van der Waals surface area contributed by atoms with Crippen molar-refractivity contribution in [2.45, 2.75) is 51.3 Å². The molecule has 0 saturated heterocycles. The lowest BCUT2D eigenvalue weighted by Crippen LogP contribution is -2.45. The molecule has 4 aromatic rings. The molecule has 8 heteroatoms. The summed E-state index contributed by atoms with van der Waals surface area (Å²) < 4.78 is 11.8. The molecule has 1 heterocycles. The summed E-state index contributed by atoms with van der Waals surface area (Å²) in [6, 6.07) is 36.6. The molecular weight excluding hydrogens is 628 g/mol. The van der Waals surface area contributed by atoms with Crippen molar-refractivity contribution in [2.75, 3.05) is 19.8 Å². The lowest BCUT2D eigenvalue weighted by molar-refractivity contribution is -0.150. The van der Waals surface area contributed by atoms with Crippen LogP contribution in [0, 0.1) is 11.8 Å². The van der Waals surface area contributed by atoms with Gasteiger partial charge in [0.05, 0.1) is 24.5 Å². The van der Waals surface area contributed by atoms with Gasteiger partial charge >= 0.3 is 5.97 Å². The molecule has 3 unspecified atom stereocenters. The second kappa shape index (κ2) is 19.1. The number of cyclic esters (lactones) is 1. The predicted octanol–water partition coefficient (Wildman–Crippen LogP) is 6.07. The van der Waals surface area contributed by atoms with Gasteiger partial charge in [0.2, 0.25) is 11.8 Å². The number of hydrogen-bond donors (Lipinski definition) is 2. The van der Waals surface area contributed by atoms with E-state index in [2.05, 4.69) is 5.32 Å². The van der Waals surface area contributed by atoms with Crippen molar-refractivity contribution in [2.24, 2.45) is 11.8 Å². The summed E-state index contributed by atoms with van der Waals surface area (Å²) in [5.41, 5.74) is 4.00. The number of aliphatic hydroxyl groups excluding tert-OH is 1. The number of esters is 1. The van der Waals surface area contributed by atoms with Crippen LogP contribution in [-0.4, -0.2) is 53.6 Å². The largest absolute Gasteiger partial charge is 0.489 e. The van der Waals surface area contributed by atoms with Crippen LogP contribution in [0.15, 0.2) is 127 Å². The van der Waals surface area contributed by atoms with Crippen LogP contribution in [-0.2, 0) is 45.1 Å². The standard InChI is InChI=1S/C42H46N2O6/c45-25-24-44(29-34-14-6-2-7-15-34)40(46)28-36-18-10-11-19-37(26-32-12-4-1-5-13-32)42(48)50-31-38(43-41(36)47)27-33-20-22-39(23-21-33)49-30-35-16-8-3-9-17-35/h1-17,20-23,36-38,45H,18-19,24-31H2,(H,43,47). The number of benzene rings is 4. The van der Waals surface area contributed by atoms with Crippen LogP contribution in [0.1, 0.15) is 41.5 Å². The molecule has 5 rings (SSSR count). The number of hydrogen-bond acceptors (Lipinski definition) is 6. The Morgan fingerprint density at radius 2 is 1.32 bits per heavy atom. The van der Waals surface area contributed by atoms with Gasteiger partial charge in [-0.3, -0.25) is 14.4 Å². The molecule has 4 aromatic carbocycles. The first-order valence-electron chi connectivity index (χ1n) is 17.3. The number of aliphatic hydroxyl groups is 1. The van der Waals surface area contributed by atoms with Gasteiger partial charge < -0.3 is 24.8 Å². The highest BCUT2D eigenvalue weighted by atomic mass is 16.5. The second-order valence-electron chi connectivity index (χ2n) is 12.7. The third-order valence-corrected chi connectivity index (χ3v) is 8.82. The summed E-state index contributed by atoms with van der Waals surface area (Å²) in [6.07, 6.45) is 5.53. The molecule has 0 saturated carbocycles. The third-order valence-electron chi connectivity index (χ3n) is 8.82. The van der Waals surface area contributed by atoms with Gasteiger partial charge in [0.15, 0.2) is 0 Å². The lowest BCUT2D eigenvalue weighted by atomic mass is 9.94. The van der Waals surface area contributed by atoms with Gasteiger partial charge in [-0.05, 0) is 60.1 Å². The Bertz CT molecular complexity index is 1660. The van der Waals surface area contributed by atoms with Crippen molar-refractivity contribution >= 4 is 17.8 Å². The van der Waals surface area contributed by atoms with Gasteiger partial charge in [-0.25, -0.2) is 0 Å². The maximum atomic E-state index is 13.8. The van der Waals surface area contributed by atoms with E-state index in [0.717, 1.165) is 28.0 Å². The van der Waals surface area contributed by atoms with Crippen LogP contribution < -0.4 is 10.1 Å². The average molecular weight is 675 g/mol. The molecule has 1 aliphatic heterocycles. The van der Waals surface area contributed by atoms with Crippen LogP contribution in [0.25, 0.3) is 0 Å². The summed E-state index contributed by atoms with van der Waals surface area (Å²) in [5, 5.41) is 12.8. The summed E-state index contributed by atoms with van der Waals surface area (Å²) >= 11 is 0. The second-order valence-corrected chi connectivity index (χ2v) is 12.7. The van der Waals surface area contributed by atoms with Crippen LogP contribution >= 0.6 is 0 Å². The Hall–Kier alpha value is -5.21. The molecule has 2 N–H and O–H groups in total. The van der Waals surface area contributed by atoms with Crippen molar-refractivity contribution < 1.29 is 29.0 Å². The van der Waals surface area contributed by atoms with Crippen LogP contribution in [0.5, 0.6) is 5.75 Å². The van der Waals surface area contributed by atoms with Crippen molar-refractivity contribution in [3.05, 3.63) is 150 Å². The minimum atomic E-state index is -0.644. The topological polar surface area (TPSA) is 105 Å². The van der Waals surface area contributed by atoms with E-state index in [1.165, 1.54) is 0 Å². The number of nitrogens with zero attached hydrogens (tertiary/aromatic N) is 1. The van der Waals surface area contributed by atoms with Gasteiger partial charge in [-0.2, -0.15) is 0 Å². The van der Waals surface area contributed by atoms with Gasteiger partial charge in [-0.15, -0.1) is 0 Å². The van der Waals surface area contributed by atoms with Crippen molar-refractivity contribution in [1.82, 2.24) is 10.2 Å². The fraction of sp³-hybridized carbons (Fsp3) is 0.310. The minimum absolute atomic E-state index is 0.00283. The SMILES string of the molecule is O=C1NC(Cc2ccc(OCc3ccccc3)cc2)COC(=O)C(Cc2ccccc2)CC=CCC1CC(=O)N(CCO)Cc1ccccc1. The molecule has 2 amide bonds. The van der Waals surface area contributed by atoms with E-state index in [1.54, 1.807) is 4.90 Å². The molecule has 0 spiro atoms. The number of carbonyl (C=O) groups is 3. The first-order valence-corrected chi connectivity index (χ1v) is 17.3. The zero-order chi connectivity index (χ0) is 35.0. The third kappa shape index (κ3) is 11.4. The quantitative estimate of drug-likeness (QED) is 0.132. The number of nitrogens with one attached hydrogen (secondary N) is 1. The van der Waals surface area contributed by atoms with Crippen LogP contribution in [0.4, 0.5) is 0 Å². The van der Waals surface area contributed by atoms with E-state index in [9.17, 15) is 19.5 Å². The number of allylic oxidation sites excluding steroid dienone is 2.